The number of hydrogen-bond acceptors (Lipinski definition) is 6. The van der Waals surface area contributed by atoms with Gasteiger partial charge in [0.05, 0.1) is 4.53 Å². The maximum Gasteiger partial charge on any atom is 0.291 e. The smallest absolute Gasteiger partial charge is 0.291 e. The molecule has 0 radical (unpaired) electrons. The summed E-state index contributed by atoms with van der Waals surface area (Å²) >= 11 is 1.31. The Hall–Kier alpha value is -3.71. The van der Waals surface area contributed by atoms with Crippen LogP contribution in [0.15, 0.2) is 78.6 Å². The SMILES string of the molecule is C=CCOc1ccc(/C=c2\sc3nc(-c4ccc(OCC=C)cc4)nn3c2=O)cc1. The largest absolute Gasteiger partial charge is 0.490 e. The zero-order valence-electron chi connectivity index (χ0n) is 16.2. The number of benzene rings is 2. The van der Waals surface area contributed by atoms with Gasteiger partial charge in [-0.3, -0.25) is 4.79 Å². The molecule has 0 bridgehead atoms. The second-order valence-electron chi connectivity index (χ2n) is 6.34. The van der Waals surface area contributed by atoms with Crippen LogP contribution in [0.1, 0.15) is 5.56 Å². The zero-order chi connectivity index (χ0) is 20.9. The lowest BCUT2D eigenvalue weighted by Crippen LogP contribution is -2.23. The van der Waals surface area contributed by atoms with Crippen molar-refractivity contribution >= 4 is 22.4 Å². The Morgan fingerprint density at radius 2 is 1.53 bits per heavy atom. The van der Waals surface area contributed by atoms with Crippen LogP contribution in [0, 0.1) is 0 Å². The van der Waals surface area contributed by atoms with E-state index < -0.39 is 0 Å². The summed E-state index contributed by atoms with van der Waals surface area (Å²) in [4.78, 5) is 17.8. The minimum Gasteiger partial charge on any atom is -0.490 e. The molecule has 4 aromatic rings. The Labute approximate surface area is 177 Å². The summed E-state index contributed by atoms with van der Waals surface area (Å²) in [5.74, 6) is 1.99. The van der Waals surface area contributed by atoms with E-state index in [1.165, 1.54) is 15.9 Å². The first-order valence-electron chi connectivity index (χ1n) is 9.27. The molecule has 0 aliphatic rings. The second-order valence-corrected chi connectivity index (χ2v) is 7.35. The Morgan fingerprint density at radius 1 is 0.933 bits per heavy atom. The molecule has 0 saturated carbocycles. The first-order valence-corrected chi connectivity index (χ1v) is 10.1. The predicted molar refractivity (Wildman–Crippen MR) is 119 cm³/mol. The third kappa shape index (κ3) is 4.16. The van der Waals surface area contributed by atoms with Crippen molar-refractivity contribution in [3.05, 3.63) is 94.3 Å². The fourth-order valence-corrected chi connectivity index (χ4v) is 3.69. The van der Waals surface area contributed by atoms with Gasteiger partial charge in [-0.05, 0) is 48.0 Å². The molecule has 2 heterocycles. The van der Waals surface area contributed by atoms with Gasteiger partial charge in [-0.2, -0.15) is 9.50 Å². The van der Waals surface area contributed by atoms with Crippen molar-refractivity contribution in [2.24, 2.45) is 0 Å². The fraction of sp³-hybridized carbons (Fsp3) is 0.0870. The van der Waals surface area contributed by atoms with Gasteiger partial charge in [0.15, 0.2) is 5.82 Å². The predicted octanol–water partition coefficient (Wildman–Crippen LogP) is 3.50. The summed E-state index contributed by atoms with van der Waals surface area (Å²) in [5, 5.41) is 4.38. The molecular weight excluding hydrogens is 398 g/mol. The second kappa shape index (κ2) is 8.75. The van der Waals surface area contributed by atoms with Crippen molar-refractivity contribution in [1.82, 2.24) is 14.6 Å². The minimum absolute atomic E-state index is 0.188. The standard InChI is InChI=1S/C23H19N3O3S/c1-3-13-28-18-9-5-16(6-10-18)15-20-22(27)26-23(30-20)24-21(25-26)17-7-11-19(12-8-17)29-14-4-2/h3-12,15H,1-2,13-14H2/b20-15-. The van der Waals surface area contributed by atoms with Gasteiger partial charge >= 0.3 is 0 Å². The summed E-state index contributed by atoms with van der Waals surface area (Å²) in [6.45, 7) is 8.15. The molecule has 2 aromatic carbocycles. The third-order valence-corrected chi connectivity index (χ3v) is 5.17. The molecule has 0 amide bonds. The molecule has 0 saturated heterocycles. The molecule has 0 aliphatic heterocycles. The molecule has 150 valence electrons. The van der Waals surface area contributed by atoms with Crippen molar-refractivity contribution in [3.63, 3.8) is 0 Å². The summed E-state index contributed by atoms with van der Waals surface area (Å²) < 4.78 is 12.9. The van der Waals surface area contributed by atoms with Gasteiger partial charge in [0.1, 0.15) is 24.7 Å². The maximum atomic E-state index is 12.7. The van der Waals surface area contributed by atoms with Gasteiger partial charge < -0.3 is 9.47 Å². The molecule has 0 aliphatic carbocycles. The number of aromatic nitrogens is 3. The molecule has 0 atom stereocenters. The molecule has 0 fully saturated rings. The summed E-state index contributed by atoms with van der Waals surface area (Å²) in [6.07, 6.45) is 5.21. The summed E-state index contributed by atoms with van der Waals surface area (Å²) in [7, 11) is 0. The highest BCUT2D eigenvalue weighted by Crippen LogP contribution is 2.20. The van der Waals surface area contributed by atoms with Crippen LogP contribution < -0.4 is 19.6 Å². The topological polar surface area (TPSA) is 65.7 Å². The number of nitrogens with zero attached hydrogens (tertiary/aromatic N) is 3. The van der Waals surface area contributed by atoms with E-state index in [9.17, 15) is 4.79 Å². The van der Waals surface area contributed by atoms with Crippen LogP contribution in [0.5, 0.6) is 11.5 Å². The molecule has 30 heavy (non-hydrogen) atoms. The maximum absolute atomic E-state index is 12.7. The van der Waals surface area contributed by atoms with Crippen LogP contribution in [0.4, 0.5) is 0 Å². The van der Waals surface area contributed by atoms with Crippen LogP contribution in [0.2, 0.25) is 0 Å². The van der Waals surface area contributed by atoms with Gasteiger partial charge in [0.25, 0.3) is 5.56 Å². The Bertz CT molecular complexity index is 1290. The van der Waals surface area contributed by atoms with E-state index >= 15 is 0 Å². The van der Waals surface area contributed by atoms with Gasteiger partial charge in [0, 0.05) is 5.56 Å². The van der Waals surface area contributed by atoms with Gasteiger partial charge in [-0.15, -0.1) is 5.10 Å². The van der Waals surface area contributed by atoms with Crippen LogP contribution in [0.3, 0.4) is 0 Å². The fourth-order valence-electron chi connectivity index (χ4n) is 2.78. The van der Waals surface area contributed by atoms with E-state index in [1.807, 2.05) is 54.6 Å². The highest BCUT2D eigenvalue weighted by Gasteiger charge is 2.12. The van der Waals surface area contributed by atoms with Crippen molar-refractivity contribution in [2.75, 3.05) is 13.2 Å². The Kier molecular flexibility index (Phi) is 5.72. The molecule has 0 unspecified atom stereocenters. The average Bonchev–Trinajstić information content (AvgIpc) is 3.31. The van der Waals surface area contributed by atoms with Gasteiger partial charge in [-0.1, -0.05) is 48.8 Å². The average molecular weight is 417 g/mol. The summed E-state index contributed by atoms with van der Waals surface area (Å²) in [5.41, 5.74) is 1.53. The number of fused-ring (bicyclic) bond motifs is 1. The zero-order valence-corrected chi connectivity index (χ0v) is 17.0. The van der Waals surface area contributed by atoms with Crippen molar-refractivity contribution in [2.45, 2.75) is 0 Å². The van der Waals surface area contributed by atoms with Crippen molar-refractivity contribution in [1.29, 1.82) is 0 Å². The summed E-state index contributed by atoms with van der Waals surface area (Å²) in [6, 6.07) is 14.9. The molecule has 6 nitrogen and oxygen atoms in total. The highest BCUT2D eigenvalue weighted by atomic mass is 32.1. The van der Waals surface area contributed by atoms with E-state index in [-0.39, 0.29) is 5.56 Å². The van der Waals surface area contributed by atoms with Crippen molar-refractivity contribution < 1.29 is 9.47 Å². The van der Waals surface area contributed by atoms with Crippen LogP contribution in [0.25, 0.3) is 22.4 Å². The molecule has 0 N–H and O–H groups in total. The van der Waals surface area contributed by atoms with Gasteiger partial charge in [0.2, 0.25) is 4.96 Å². The van der Waals surface area contributed by atoms with Crippen molar-refractivity contribution in [3.8, 4) is 22.9 Å². The quantitative estimate of drug-likeness (QED) is 0.411. The van der Waals surface area contributed by atoms with Crippen LogP contribution in [-0.2, 0) is 0 Å². The minimum atomic E-state index is -0.188. The van der Waals surface area contributed by atoms with E-state index in [4.69, 9.17) is 9.47 Å². The lowest BCUT2D eigenvalue weighted by molar-refractivity contribution is 0.363. The number of thiazole rings is 1. The van der Waals surface area contributed by atoms with Crippen LogP contribution >= 0.6 is 11.3 Å². The first kappa shape index (κ1) is 19.6. The first-order chi connectivity index (χ1) is 14.7. The number of ether oxygens (including phenoxy) is 2. The van der Waals surface area contributed by atoms with Crippen LogP contribution in [-0.4, -0.2) is 27.8 Å². The normalized spacial score (nSPS) is 11.5. The molecule has 7 heteroatoms. The van der Waals surface area contributed by atoms with E-state index in [0.29, 0.717) is 28.5 Å². The van der Waals surface area contributed by atoms with Gasteiger partial charge in [-0.25, -0.2) is 0 Å². The monoisotopic (exact) mass is 417 g/mol. The molecular formula is C23H19N3O3S. The number of hydrogen-bond donors (Lipinski definition) is 0. The third-order valence-electron chi connectivity index (χ3n) is 4.21. The molecule has 0 spiro atoms. The number of rotatable bonds is 8. The van der Waals surface area contributed by atoms with E-state index in [0.717, 1.165) is 22.6 Å². The Balaban J connectivity index is 1.59. The lowest BCUT2D eigenvalue weighted by Gasteiger charge is -2.02. The molecule has 4 rings (SSSR count). The highest BCUT2D eigenvalue weighted by molar-refractivity contribution is 7.15. The van der Waals surface area contributed by atoms with E-state index in [2.05, 4.69) is 23.2 Å². The van der Waals surface area contributed by atoms with E-state index in [1.54, 1.807) is 12.2 Å². The Morgan fingerprint density at radius 3 is 2.10 bits per heavy atom. The molecule has 2 aromatic heterocycles. The lowest BCUT2D eigenvalue weighted by atomic mass is 10.2.